The smallest absolute Gasteiger partial charge is 0.225 e. The second-order valence-corrected chi connectivity index (χ2v) is 9.35. The summed E-state index contributed by atoms with van der Waals surface area (Å²) in [6, 6.07) is 0.686. The number of aryl methyl sites for hydroxylation is 1. The Morgan fingerprint density at radius 1 is 1.15 bits per heavy atom. The largest absolute Gasteiger partial charge is 0.474 e. The number of aromatic nitrogens is 2. The van der Waals surface area contributed by atoms with Crippen LogP contribution < -0.4 is 4.74 Å². The average Bonchev–Trinajstić information content (AvgIpc) is 3.05. The molecule has 0 saturated heterocycles. The molecule has 0 aliphatic heterocycles. The molecule has 1 atom stereocenters. The molecular weight excluding hydrogens is 358 g/mol. The molecule has 2 aromatic heterocycles. The highest BCUT2D eigenvalue weighted by Gasteiger charge is 2.28. The van der Waals surface area contributed by atoms with Crippen molar-refractivity contribution in [1.82, 2.24) is 14.9 Å². The van der Waals surface area contributed by atoms with Gasteiger partial charge in [-0.3, -0.25) is 0 Å². The average molecular weight is 390 g/mol. The Kier molecular flexibility index (Phi) is 5.95. The summed E-state index contributed by atoms with van der Waals surface area (Å²) in [6.07, 6.45) is 11.2. The van der Waals surface area contributed by atoms with Crippen molar-refractivity contribution >= 4 is 21.6 Å². The molecule has 2 aliphatic rings. The number of fused-ring (bicyclic) bond motifs is 3. The van der Waals surface area contributed by atoms with E-state index in [1.165, 1.54) is 35.1 Å². The molecule has 0 aromatic carbocycles. The van der Waals surface area contributed by atoms with Gasteiger partial charge >= 0.3 is 0 Å². The second-order valence-electron chi connectivity index (χ2n) is 8.27. The Bertz CT molecular complexity index is 768. The Balaban J connectivity index is 1.53. The highest BCUT2D eigenvalue weighted by molar-refractivity contribution is 7.18. The van der Waals surface area contributed by atoms with Gasteiger partial charge in [0.15, 0.2) is 0 Å². The predicted molar refractivity (Wildman–Crippen MR) is 110 cm³/mol. The van der Waals surface area contributed by atoms with Crippen LogP contribution in [0, 0.1) is 5.92 Å². The van der Waals surface area contributed by atoms with Crippen molar-refractivity contribution in [3.8, 4) is 5.88 Å². The minimum Gasteiger partial charge on any atom is -0.474 e. The van der Waals surface area contributed by atoms with Crippen LogP contribution in [0.5, 0.6) is 5.88 Å². The SMILES string of the molecule is COCCC1CCc2sc3ncnc(OC4CCC(N(C)C)CC4)c3c2C1. The third kappa shape index (κ3) is 4.13. The molecule has 1 saturated carbocycles. The zero-order chi connectivity index (χ0) is 18.8. The topological polar surface area (TPSA) is 47.5 Å². The second kappa shape index (κ2) is 8.41. The van der Waals surface area contributed by atoms with Crippen LogP contribution in [0.25, 0.3) is 10.2 Å². The van der Waals surface area contributed by atoms with Crippen molar-refractivity contribution < 1.29 is 9.47 Å². The van der Waals surface area contributed by atoms with E-state index >= 15 is 0 Å². The standard InChI is InChI=1S/C21H31N3O2S/c1-24(2)15-5-7-16(8-6-15)26-20-19-17-12-14(10-11-25-3)4-9-18(17)27-21(19)23-13-22-20/h13-16H,4-12H2,1-3H3. The summed E-state index contributed by atoms with van der Waals surface area (Å²) >= 11 is 1.84. The van der Waals surface area contributed by atoms with Gasteiger partial charge in [0.2, 0.25) is 5.88 Å². The number of hydrogen-bond acceptors (Lipinski definition) is 6. The van der Waals surface area contributed by atoms with Gasteiger partial charge in [0, 0.05) is 24.6 Å². The van der Waals surface area contributed by atoms with Crippen molar-refractivity contribution in [3.05, 3.63) is 16.8 Å². The van der Waals surface area contributed by atoms with Crippen molar-refractivity contribution in [3.63, 3.8) is 0 Å². The van der Waals surface area contributed by atoms with Crippen LogP contribution in [0.3, 0.4) is 0 Å². The maximum absolute atomic E-state index is 6.45. The molecule has 27 heavy (non-hydrogen) atoms. The summed E-state index contributed by atoms with van der Waals surface area (Å²) in [6.45, 7) is 0.844. The van der Waals surface area contributed by atoms with Gasteiger partial charge in [-0.2, -0.15) is 0 Å². The van der Waals surface area contributed by atoms with Crippen LogP contribution in [0.2, 0.25) is 0 Å². The third-order valence-corrected chi connectivity index (χ3v) is 7.49. The summed E-state index contributed by atoms with van der Waals surface area (Å²) in [5.41, 5.74) is 1.44. The summed E-state index contributed by atoms with van der Waals surface area (Å²) < 4.78 is 11.8. The van der Waals surface area contributed by atoms with Gasteiger partial charge < -0.3 is 14.4 Å². The molecule has 1 fully saturated rings. The van der Waals surface area contributed by atoms with E-state index < -0.39 is 0 Å². The molecule has 0 amide bonds. The molecule has 2 aromatic rings. The molecule has 148 valence electrons. The normalized spacial score (nSPS) is 25.7. The first-order chi connectivity index (χ1) is 13.2. The zero-order valence-corrected chi connectivity index (χ0v) is 17.6. The lowest BCUT2D eigenvalue weighted by atomic mass is 9.85. The number of thiophene rings is 1. The van der Waals surface area contributed by atoms with Gasteiger partial charge in [0.25, 0.3) is 0 Å². The molecule has 1 unspecified atom stereocenters. The highest BCUT2D eigenvalue weighted by atomic mass is 32.1. The molecule has 0 N–H and O–H groups in total. The quantitative estimate of drug-likeness (QED) is 0.745. The summed E-state index contributed by atoms with van der Waals surface area (Å²) in [5, 5.41) is 1.19. The Labute approximate surface area is 166 Å². The van der Waals surface area contributed by atoms with Crippen LogP contribution in [0.1, 0.15) is 49.0 Å². The summed E-state index contributed by atoms with van der Waals surface area (Å²) in [7, 11) is 6.15. The molecule has 0 bridgehead atoms. The fraction of sp³-hybridized carbons (Fsp3) is 0.714. The van der Waals surface area contributed by atoms with Crippen molar-refractivity contribution in [2.75, 3.05) is 27.8 Å². The maximum Gasteiger partial charge on any atom is 0.225 e. The van der Waals surface area contributed by atoms with E-state index in [-0.39, 0.29) is 6.10 Å². The number of methoxy groups -OCH3 is 1. The lowest BCUT2D eigenvalue weighted by molar-refractivity contribution is 0.108. The zero-order valence-electron chi connectivity index (χ0n) is 16.7. The lowest BCUT2D eigenvalue weighted by Gasteiger charge is -2.32. The van der Waals surface area contributed by atoms with Crippen molar-refractivity contribution in [1.29, 1.82) is 0 Å². The van der Waals surface area contributed by atoms with Gasteiger partial charge in [0.1, 0.15) is 17.3 Å². The summed E-state index contributed by atoms with van der Waals surface area (Å²) in [4.78, 5) is 14.0. The predicted octanol–water partition coefficient (Wildman–Crippen LogP) is 4.08. The molecule has 0 spiro atoms. The first-order valence-corrected chi connectivity index (χ1v) is 11.0. The monoisotopic (exact) mass is 389 g/mol. The van der Waals surface area contributed by atoms with Gasteiger partial charge in [-0.05, 0) is 76.9 Å². The summed E-state index contributed by atoms with van der Waals surface area (Å²) in [5.74, 6) is 1.51. The van der Waals surface area contributed by atoms with E-state index in [1.54, 1.807) is 13.4 Å². The van der Waals surface area contributed by atoms with E-state index in [9.17, 15) is 0 Å². The van der Waals surface area contributed by atoms with Crippen LogP contribution in [-0.4, -0.2) is 54.8 Å². The number of hydrogen-bond donors (Lipinski definition) is 0. The van der Waals surface area contributed by atoms with Gasteiger partial charge in [0.05, 0.1) is 5.39 Å². The van der Waals surface area contributed by atoms with E-state index in [0.717, 1.165) is 49.4 Å². The molecule has 5 nitrogen and oxygen atoms in total. The van der Waals surface area contributed by atoms with Crippen LogP contribution in [0.15, 0.2) is 6.33 Å². The Morgan fingerprint density at radius 3 is 2.70 bits per heavy atom. The number of rotatable bonds is 6. The molecular formula is C21H31N3O2S. The molecule has 2 aliphatic carbocycles. The van der Waals surface area contributed by atoms with Crippen LogP contribution in [-0.2, 0) is 17.6 Å². The van der Waals surface area contributed by atoms with Crippen LogP contribution in [0.4, 0.5) is 0 Å². The van der Waals surface area contributed by atoms with Crippen LogP contribution >= 0.6 is 11.3 Å². The highest BCUT2D eigenvalue weighted by Crippen LogP contribution is 2.41. The van der Waals surface area contributed by atoms with Gasteiger partial charge in [-0.1, -0.05) is 0 Å². The number of nitrogens with zero attached hydrogens (tertiary/aromatic N) is 3. The fourth-order valence-corrected chi connectivity index (χ4v) is 5.78. The number of ether oxygens (including phenoxy) is 2. The lowest BCUT2D eigenvalue weighted by Crippen LogP contribution is -2.35. The minimum absolute atomic E-state index is 0.280. The molecule has 0 radical (unpaired) electrons. The Hall–Kier alpha value is -1.24. The van der Waals surface area contributed by atoms with E-state index in [1.807, 2.05) is 11.3 Å². The van der Waals surface area contributed by atoms with E-state index in [2.05, 4.69) is 29.0 Å². The fourth-order valence-electron chi connectivity index (χ4n) is 4.61. The minimum atomic E-state index is 0.280. The van der Waals surface area contributed by atoms with E-state index in [4.69, 9.17) is 9.47 Å². The maximum atomic E-state index is 6.45. The first kappa shape index (κ1) is 19.1. The van der Waals surface area contributed by atoms with Gasteiger partial charge in [-0.25, -0.2) is 9.97 Å². The van der Waals surface area contributed by atoms with Crippen molar-refractivity contribution in [2.24, 2.45) is 5.92 Å². The molecule has 2 heterocycles. The molecule has 6 heteroatoms. The third-order valence-electron chi connectivity index (χ3n) is 6.29. The van der Waals surface area contributed by atoms with E-state index in [0.29, 0.717) is 12.0 Å². The molecule has 4 rings (SSSR count). The van der Waals surface area contributed by atoms with Gasteiger partial charge in [-0.15, -0.1) is 11.3 Å². The van der Waals surface area contributed by atoms with Crippen molar-refractivity contribution in [2.45, 2.75) is 63.5 Å². The first-order valence-electron chi connectivity index (χ1n) is 10.2. The Morgan fingerprint density at radius 2 is 1.96 bits per heavy atom.